The number of nitrogens with zero attached hydrogens (tertiary/aromatic N) is 1. The quantitative estimate of drug-likeness (QED) is 0.756. The first-order chi connectivity index (χ1) is 11.2. The van der Waals surface area contributed by atoms with Gasteiger partial charge in [-0.3, -0.25) is 0 Å². The Bertz CT molecular complexity index is 686. The number of anilines is 1. The SMILES string of the molecule is Clc1ccc(-c2csc(NC34CC5CC(CC(C5)C3)C4)n2)cc1. The predicted molar refractivity (Wildman–Crippen MR) is 97.1 cm³/mol. The van der Waals surface area contributed by atoms with Crippen LogP contribution in [0.25, 0.3) is 11.3 Å². The van der Waals surface area contributed by atoms with Gasteiger partial charge in [0.05, 0.1) is 5.69 Å². The summed E-state index contributed by atoms with van der Waals surface area (Å²) in [5.74, 6) is 2.89. The largest absolute Gasteiger partial charge is 0.356 e. The number of nitrogens with one attached hydrogen (secondary N) is 1. The number of rotatable bonds is 3. The third kappa shape index (κ3) is 2.58. The van der Waals surface area contributed by atoms with E-state index in [-0.39, 0.29) is 0 Å². The van der Waals surface area contributed by atoms with Crippen LogP contribution in [0.4, 0.5) is 5.13 Å². The van der Waals surface area contributed by atoms with Crippen LogP contribution in [-0.4, -0.2) is 10.5 Å². The van der Waals surface area contributed by atoms with E-state index in [4.69, 9.17) is 16.6 Å². The molecule has 4 saturated carbocycles. The molecule has 0 aliphatic heterocycles. The molecule has 0 amide bonds. The smallest absolute Gasteiger partial charge is 0.183 e. The lowest BCUT2D eigenvalue weighted by Crippen LogP contribution is -2.54. The van der Waals surface area contributed by atoms with Gasteiger partial charge in [-0.2, -0.15) is 0 Å². The highest BCUT2D eigenvalue weighted by atomic mass is 35.5. The number of aromatic nitrogens is 1. The topological polar surface area (TPSA) is 24.9 Å². The molecule has 4 aliphatic rings. The Morgan fingerprint density at radius 1 is 1.00 bits per heavy atom. The predicted octanol–water partition coefficient (Wildman–Crippen LogP) is 5.84. The van der Waals surface area contributed by atoms with E-state index in [9.17, 15) is 0 Å². The molecule has 6 rings (SSSR count). The Hall–Kier alpha value is -1.06. The molecule has 4 aliphatic carbocycles. The lowest BCUT2D eigenvalue weighted by molar-refractivity contribution is 0.0107. The Morgan fingerprint density at radius 3 is 2.22 bits per heavy atom. The average Bonchev–Trinajstić information content (AvgIpc) is 2.94. The standard InChI is InChI=1S/C19H21ClN2S/c20-16-3-1-15(2-4-16)17-11-23-18(21-17)22-19-8-12-5-13(9-19)7-14(6-12)10-19/h1-4,11-14H,5-10H2,(H,21,22). The lowest BCUT2D eigenvalue weighted by Gasteiger charge is -2.56. The summed E-state index contributed by atoms with van der Waals surface area (Å²) in [5, 5.41) is 7.90. The maximum Gasteiger partial charge on any atom is 0.183 e. The molecule has 2 nitrogen and oxygen atoms in total. The van der Waals surface area contributed by atoms with Crippen molar-refractivity contribution in [2.75, 3.05) is 5.32 Å². The van der Waals surface area contributed by atoms with Gasteiger partial charge >= 0.3 is 0 Å². The average molecular weight is 345 g/mol. The second kappa shape index (κ2) is 5.22. The zero-order valence-corrected chi connectivity index (χ0v) is 14.7. The second-order valence-electron chi connectivity index (χ2n) is 7.87. The van der Waals surface area contributed by atoms with Gasteiger partial charge in [0.1, 0.15) is 0 Å². The third-order valence-electron chi connectivity index (χ3n) is 6.05. The van der Waals surface area contributed by atoms with Crippen LogP contribution in [0.1, 0.15) is 38.5 Å². The minimum atomic E-state index is 0.337. The van der Waals surface area contributed by atoms with Gasteiger partial charge in [-0.25, -0.2) is 4.98 Å². The molecule has 23 heavy (non-hydrogen) atoms. The van der Waals surface area contributed by atoms with E-state index in [1.54, 1.807) is 11.3 Å². The van der Waals surface area contributed by atoms with Gasteiger partial charge < -0.3 is 5.32 Å². The molecule has 1 heterocycles. The molecule has 1 aromatic carbocycles. The summed E-state index contributed by atoms with van der Waals surface area (Å²) in [6, 6.07) is 7.96. The van der Waals surface area contributed by atoms with Gasteiger partial charge in [-0.15, -0.1) is 11.3 Å². The molecule has 4 fully saturated rings. The minimum Gasteiger partial charge on any atom is -0.356 e. The first-order valence-electron chi connectivity index (χ1n) is 8.67. The summed E-state index contributed by atoms with van der Waals surface area (Å²) in [5.41, 5.74) is 2.53. The maximum absolute atomic E-state index is 5.98. The molecule has 1 aromatic heterocycles. The van der Waals surface area contributed by atoms with Gasteiger partial charge in [0.25, 0.3) is 0 Å². The molecule has 2 aromatic rings. The highest BCUT2D eigenvalue weighted by molar-refractivity contribution is 7.14. The summed E-state index contributed by atoms with van der Waals surface area (Å²) in [6.07, 6.45) is 8.51. The van der Waals surface area contributed by atoms with Crippen LogP contribution in [-0.2, 0) is 0 Å². The highest BCUT2D eigenvalue weighted by Crippen LogP contribution is 2.56. The van der Waals surface area contributed by atoms with Crippen molar-refractivity contribution < 1.29 is 0 Å². The Balaban J connectivity index is 1.38. The van der Waals surface area contributed by atoms with Gasteiger partial charge in [-0.1, -0.05) is 23.7 Å². The lowest BCUT2D eigenvalue weighted by atomic mass is 9.53. The van der Waals surface area contributed by atoms with E-state index >= 15 is 0 Å². The zero-order chi connectivity index (χ0) is 15.4. The van der Waals surface area contributed by atoms with Crippen molar-refractivity contribution in [3.05, 3.63) is 34.7 Å². The van der Waals surface area contributed by atoms with Crippen LogP contribution < -0.4 is 5.32 Å². The van der Waals surface area contributed by atoms with Crippen molar-refractivity contribution in [3.8, 4) is 11.3 Å². The fraction of sp³-hybridized carbons (Fsp3) is 0.526. The van der Waals surface area contributed by atoms with Crippen LogP contribution in [0, 0.1) is 17.8 Å². The van der Waals surface area contributed by atoms with E-state index in [1.165, 1.54) is 38.5 Å². The highest BCUT2D eigenvalue weighted by Gasteiger charge is 2.51. The summed E-state index contributed by atoms with van der Waals surface area (Å²) in [4.78, 5) is 4.85. The minimum absolute atomic E-state index is 0.337. The Labute approximate surface area is 146 Å². The van der Waals surface area contributed by atoms with Crippen molar-refractivity contribution in [2.24, 2.45) is 17.8 Å². The van der Waals surface area contributed by atoms with E-state index in [0.29, 0.717) is 5.54 Å². The summed E-state index contributed by atoms with van der Waals surface area (Å²) in [6.45, 7) is 0. The summed E-state index contributed by atoms with van der Waals surface area (Å²) >= 11 is 7.72. The van der Waals surface area contributed by atoms with E-state index in [0.717, 1.165) is 39.2 Å². The fourth-order valence-electron chi connectivity index (χ4n) is 5.57. The van der Waals surface area contributed by atoms with E-state index in [1.807, 2.05) is 24.3 Å². The monoisotopic (exact) mass is 344 g/mol. The van der Waals surface area contributed by atoms with Crippen LogP contribution in [0.15, 0.2) is 29.6 Å². The summed E-state index contributed by atoms with van der Waals surface area (Å²) in [7, 11) is 0. The Morgan fingerprint density at radius 2 is 1.61 bits per heavy atom. The van der Waals surface area contributed by atoms with Crippen molar-refractivity contribution in [1.82, 2.24) is 4.98 Å². The van der Waals surface area contributed by atoms with E-state index < -0.39 is 0 Å². The molecule has 0 atom stereocenters. The van der Waals surface area contributed by atoms with Crippen LogP contribution in [0.5, 0.6) is 0 Å². The third-order valence-corrected chi connectivity index (χ3v) is 7.06. The number of thiazole rings is 1. The van der Waals surface area contributed by atoms with Crippen LogP contribution in [0.3, 0.4) is 0 Å². The van der Waals surface area contributed by atoms with Crippen molar-refractivity contribution in [3.63, 3.8) is 0 Å². The molecular formula is C19H21ClN2S. The van der Waals surface area contributed by atoms with Gasteiger partial charge in [-0.05, 0) is 68.4 Å². The summed E-state index contributed by atoms with van der Waals surface area (Å²) < 4.78 is 0. The van der Waals surface area contributed by atoms with Crippen molar-refractivity contribution in [1.29, 1.82) is 0 Å². The number of hydrogen-bond donors (Lipinski definition) is 1. The normalized spacial score (nSPS) is 34.7. The molecule has 0 unspecified atom stereocenters. The first-order valence-corrected chi connectivity index (χ1v) is 9.93. The number of halogens is 1. The van der Waals surface area contributed by atoms with Gasteiger partial charge in [0.15, 0.2) is 5.13 Å². The zero-order valence-electron chi connectivity index (χ0n) is 13.1. The fourth-order valence-corrected chi connectivity index (χ4v) is 6.54. The van der Waals surface area contributed by atoms with Gasteiger partial charge in [0, 0.05) is 21.5 Å². The molecular weight excluding hydrogens is 324 g/mol. The Kier molecular flexibility index (Phi) is 3.24. The van der Waals surface area contributed by atoms with Crippen molar-refractivity contribution >= 4 is 28.1 Å². The van der Waals surface area contributed by atoms with Crippen molar-refractivity contribution in [2.45, 2.75) is 44.1 Å². The molecule has 0 saturated heterocycles. The van der Waals surface area contributed by atoms with Crippen LogP contribution >= 0.6 is 22.9 Å². The van der Waals surface area contributed by atoms with E-state index in [2.05, 4.69) is 10.7 Å². The molecule has 4 bridgehead atoms. The maximum atomic E-state index is 5.98. The first kappa shape index (κ1) is 14.3. The molecule has 1 N–H and O–H groups in total. The molecule has 0 spiro atoms. The molecule has 4 heteroatoms. The molecule has 0 radical (unpaired) electrons. The van der Waals surface area contributed by atoms with Gasteiger partial charge in [0.2, 0.25) is 0 Å². The second-order valence-corrected chi connectivity index (χ2v) is 9.16. The number of benzene rings is 1. The number of hydrogen-bond acceptors (Lipinski definition) is 3. The molecule has 120 valence electrons. The van der Waals surface area contributed by atoms with Crippen LogP contribution in [0.2, 0.25) is 5.02 Å².